The van der Waals surface area contributed by atoms with Gasteiger partial charge in [0.2, 0.25) is 0 Å². The van der Waals surface area contributed by atoms with E-state index in [-0.39, 0.29) is 23.8 Å². The van der Waals surface area contributed by atoms with Crippen LogP contribution in [-0.4, -0.2) is 26.8 Å². The number of aromatic hydroxyl groups is 2. The van der Waals surface area contributed by atoms with Crippen molar-refractivity contribution in [3.8, 4) is 11.5 Å². The lowest BCUT2D eigenvalue weighted by Gasteiger charge is -2.26. The van der Waals surface area contributed by atoms with E-state index in [1.165, 1.54) is 25.1 Å². The molecule has 0 fully saturated rings. The van der Waals surface area contributed by atoms with Gasteiger partial charge in [0.25, 0.3) is 0 Å². The highest BCUT2D eigenvalue weighted by Gasteiger charge is 2.32. The van der Waals surface area contributed by atoms with Crippen molar-refractivity contribution in [3.63, 3.8) is 0 Å². The Bertz CT molecular complexity index is 443. The predicted octanol–water partition coefficient (Wildman–Crippen LogP) is 1.78. The fourth-order valence-corrected chi connectivity index (χ4v) is 1.94. The van der Waals surface area contributed by atoms with Crippen molar-refractivity contribution in [1.82, 2.24) is 0 Å². The topological polar surface area (TPSA) is 104 Å². The molecule has 0 heterocycles. The second-order valence-electron chi connectivity index (χ2n) is 4.78. The molecule has 0 aliphatic heterocycles. The number of hydrogen-bond acceptors (Lipinski definition) is 4. The number of phenols is 2. The molecule has 0 aliphatic rings. The Hall–Kier alpha value is -1.75. The van der Waals surface area contributed by atoms with Gasteiger partial charge in [-0.3, -0.25) is 4.79 Å². The normalized spacial score (nSPS) is 15.9. The molecule has 0 aromatic heterocycles. The van der Waals surface area contributed by atoms with E-state index < -0.39 is 11.5 Å². The fourth-order valence-electron chi connectivity index (χ4n) is 1.94. The summed E-state index contributed by atoms with van der Waals surface area (Å²) in [5.41, 5.74) is 4.88. The Balaban J connectivity index is 3.03. The number of hydrogen-bond donors (Lipinski definition) is 4. The summed E-state index contributed by atoms with van der Waals surface area (Å²) < 4.78 is 0. The quantitative estimate of drug-likeness (QED) is 0.599. The van der Waals surface area contributed by atoms with Gasteiger partial charge >= 0.3 is 5.97 Å². The monoisotopic (exact) mass is 253 g/mol. The summed E-state index contributed by atoms with van der Waals surface area (Å²) in [6.07, 6.45) is 0.812. The highest BCUT2D eigenvalue weighted by atomic mass is 16.4. The second-order valence-corrected chi connectivity index (χ2v) is 4.78. The van der Waals surface area contributed by atoms with Crippen molar-refractivity contribution < 1.29 is 20.1 Å². The molecule has 0 spiro atoms. The van der Waals surface area contributed by atoms with Crippen molar-refractivity contribution in [2.75, 3.05) is 0 Å². The Labute approximate surface area is 106 Å². The third kappa shape index (κ3) is 3.13. The molecule has 100 valence electrons. The highest BCUT2D eigenvalue weighted by Crippen LogP contribution is 2.35. The standard InChI is InChI=1S/C13H19NO4/c1-3-8(7-13(2,14)12(17)18)10-6-9(15)4-5-11(10)16/h4-6,8,15-16H,3,7,14H2,1-2H3,(H,17,18). The molecule has 0 saturated heterocycles. The van der Waals surface area contributed by atoms with E-state index in [1.54, 1.807) is 0 Å². The molecule has 5 N–H and O–H groups in total. The Morgan fingerprint density at radius 2 is 2.06 bits per heavy atom. The number of phenolic OH excluding ortho intramolecular Hbond substituents is 2. The average molecular weight is 253 g/mol. The minimum atomic E-state index is -1.36. The number of carbonyl (C=O) groups is 1. The maximum absolute atomic E-state index is 11.0. The van der Waals surface area contributed by atoms with Gasteiger partial charge in [-0.25, -0.2) is 0 Å². The highest BCUT2D eigenvalue weighted by molar-refractivity contribution is 5.78. The molecule has 18 heavy (non-hydrogen) atoms. The van der Waals surface area contributed by atoms with Gasteiger partial charge in [0.05, 0.1) is 0 Å². The van der Waals surface area contributed by atoms with Crippen LogP contribution in [0.2, 0.25) is 0 Å². The number of nitrogens with two attached hydrogens (primary N) is 1. The molecule has 2 atom stereocenters. The molecule has 5 heteroatoms. The summed E-state index contributed by atoms with van der Waals surface area (Å²) >= 11 is 0. The fraction of sp³-hybridized carbons (Fsp3) is 0.462. The molecular weight excluding hydrogens is 234 g/mol. The van der Waals surface area contributed by atoms with E-state index in [1.807, 2.05) is 6.92 Å². The molecule has 1 aromatic carbocycles. The van der Waals surface area contributed by atoms with E-state index >= 15 is 0 Å². The van der Waals surface area contributed by atoms with Gasteiger partial charge in [-0.15, -0.1) is 0 Å². The molecule has 2 unspecified atom stereocenters. The number of aliphatic carboxylic acids is 1. The molecule has 5 nitrogen and oxygen atoms in total. The first-order chi connectivity index (χ1) is 8.27. The van der Waals surface area contributed by atoms with Crippen LogP contribution in [0.25, 0.3) is 0 Å². The summed E-state index contributed by atoms with van der Waals surface area (Å²) in [4.78, 5) is 11.0. The SMILES string of the molecule is CCC(CC(C)(N)C(=O)O)c1cc(O)ccc1O. The second kappa shape index (κ2) is 5.27. The number of carboxylic acids is 1. The van der Waals surface area contributed by atoms with Gasteiger partial charge in [-0.05, 0) is 43.9 Å². The van der Waals surface area contributed by atoms with Gasteiger partial charge in [-0.1, -0.05) is 6.92 Å². The van der Waals surface area contributed by atoms with E-state index in [0.29, 0.717) is 12.0 Å². The average Bonchev–Trinajstić information content (AvgIpc) is 2.29. The van der Waals surface area contributed by atoms with E-state index in [0.717, 1.165) is 0 Å². The van der Waals surface area contributed by atoms with Crippen molar-refractivity contribution in [1.29, 1.82) is 0 Å². The summed E-state index contributed by atoms with van der Waals surface area (Å²) in [5.74, 6) is -1.22. The van der Waals surface area contributed by atoms with Gasteiger partial charge in [0, 0.05) is 5.56 Å². The van der Waals surface area contributed by atoms with Gasteiger partial charge in [-0.2, -0.15) is 0 Å². The molecular formula is C13H19NO4. The summed E-state index contributed by atoms with van der Waals surface area (Å²) in [5, 5.41) is 28.2. The van der Waals surface area contributed by atoms with Gasteiger partial charge in [0.1, 0.15) is 17.0 Å². The Morgan fingerprint density at radius 3 is 2.56 bits per heavy atom. The zero-order chi connectivity index (χ0) is 13.9. The van der Waals surface area contributed by atoms with Crippen molar-refractivity contribution in [2.45, 2.75) is 38.1 Å². The number of benzene rings is 1. The van der Waals surface area contributed by atoms with Crippen LogP contribution < -0.4 is 5.73 Å². The van der Waals surface area contributed by atoms with Crippen molar-refractivity contribution in [3.05, 3.63) is 23.8 Å². The van der Waals surface area contributed by atoms with Crippen LogP contribution in [0.15, 0.2) is 18.2 Å². The molecule has 0 aliphatic carbocycles. The first kappa shape index (κ1) is 14.3. The third-order valence-electron chi connectivity index (χ3n) is 3.10. The van der Waals surface area contributed by atoms with Gasteiger partial charge < -0.3 is 21.1 Å². The lowest BCUT2D eigenvalue weighted by molar-refractivity contribution is -0.143. The maximum Gasteiger partial charge on any atom is 0.323 e. The lowest BCUT2D eigenvalue weighted by atomic mass is 9.83. The maximum atomic E-state index is 11.0. The Morgan fingerprint density at radius 1 is 1.44 bits per heavy atom. The molecule has 0 bridgehead atoms. The van der Waals surface area contributed by atoms with E-state index in [2.05, 4.69) is 0 Å². The van der Waals surface area contributed by atoms with Crippen LogP contribution in [0.5, 0.6) is 11.5 Å². The molecule has 1 rings (SSSR count). The molecule has 0 radical (unpaired) electrons. The van der Waals surface area contributed by atoms with Crippen LogP contribution in [0.3, 0.4) is 0 Å². The van der Waals surface area contributed by atoms with Crippen molar-refractivity contribution in [2.24, 2.45) is 5.73 Å². The number of carboxylic acid groups (broad SMARTS) is 1. The predicted molar refractivity (Wildman–Crippen MR) is 67.6 cm³/mol. The summed E-state index contributed by atoms with van der Waals surface area (Å²) in [7, 11) is 0. The third-order valence-corrected chi connectivity index (χ3v) is 3.10. The molecule has 1 aromatic rings. The van der Waals surface area contributed by atoms with Crippen LogP contribution >= 0.6 is 0 Å². The number of rotatable bonds is 5. The van der Waals surface area contributed by atoms with Crippen LogP contribution in [0.1, 0.15) is 38.2 Å². The lowest BCUT2D eigenvalue weighted by Crippen LogP contribution is -2.45. The van der Waals surface area contributed by atoms with Crippen molar-refractivity contribution >= 4 is 5.97 Å². The zero-order valence-electron chi connectivity index (χ0n) is 10.6. The zero-order valence-corrected chi connectivity index (χ0v) is 10.6. The van der Waals surface area contributed by atoms with E-state index in [4.69, 9.17) is 10.8 Å². The first-order valence-corrected chi connectivity index (χ1v) is 5.82. The van der Waals surface area contributed by atoms with Gasteiger partial charge in [0.15, 0.2) is 0 Å². The smallest absolute Gasteiger partial charge is 0.323 e. The Kier molecular flexibility index (Phi) is 4.19. The summed E-state index contributed by atoms with van der Waals surface area (Å²) in [6.45, 7) is 3.32. The van der Waals surface area contributed by atoms with Crippen LogP contribution in [0, 0.1) is 0 Å². The molecule has 0 saturated carbocycles. The minimum absolute atomic E-state index is 0.0373. The van der Waals surface area contributed by atoms with Crippen LogP contribution in [-0.2, 0) is 4.79 Å². The van der Waals surface area contributed by atoms with Crippen LogP contribution in [0.4, 0.5) is 0 Å². The van der Waals surface area contributed by atoms with E-state index in [9.17, 15) is 15.0 Å². The molecule has 0 amide bonds. The largest absolute Gasteiger partial charge is 0.508 e. The summed E-state index contributed by atoms with van der Waals surface area (Å²) in [6, 6.07) is 4.22. The first-order valence-electron chi connectivity index (χ1n) is 5.82. The minimum Gasteiger partial charge on any atom is -0.508 e.